The lowest BCUT2D eigenvalue weighted by atomic mass is 9.89. The number of aromatic nitrogens is 2. The lowest BCUT2D eigenvalue weighted by Gasteiger charge is -2.19. The quantitative estimate of drug-likeness (QED) is 0.163. The lowest BCUT2D eigenvalue weighted by molar-refractivity contribution is -0.659. The average molecular weight is 556 g/mol. The third kappa shape index (κ3) is 5.29. The zero-order chi connectivity index (χ0) is 29.4. The van der Waals surface area contributed by atoms with Crippen LogP contribution in [0.5, 0.6) is 0 Å². The summed E-state index contributed by atoms with van der Waals surface area (Å²) < 4.78 is 11.1. The zero-order valence-corrected chi connectivity index (χ0v) is 25.9. The molecule has 0 spiro atoms. The van der Waals surface area contributed by atoms with Crippen LogP contribution in [0, 0.1) is 11.8 Å². The van der Waals surface area contributed by atoms with Crippen molar-refractivity contribution < 1.29 is 8.98 Å². The summed E-state index contributed by atoms with van der Waals surface area (Å²) in [6, 6.07) is 28.8. The standard InChI is InChI=1S/C39H43N2O/c1-7-13-29-24-37-35(33-16-11-12-17-36(33)42-37)25-34(29)39-40(6)18-19-41(39)38-31(20-26(2)3)22-30(23-32(38)21-27(4)5)28-14-9-8-10-15-28/h8-12,14-19,22-27H,7,13,20-21H2,1-6H3/q+1. The minimum absolute atomic E-state index is 0.540. The molecule has 0 saturated heterocycles. The molecule has 6 aromatic rings. The number of benzene rings is 4. The topological polar surface area (TPSA) is 21.9 Å². The van der Waals surface area contributed by atoms with Gasteiger partial charge in [0.15, 0.2) is 0 Å². The molecular weight excluding hydrogens is 512 g/mol. The summed E-state index contributed by atoms with van der Waals surface area (Å²) in [5.41, 5.74) is 11.3. The van der Waals surface area contributed by atoms with Crippen LogP contribution < -0.4 is 4.57 Å². The van der Waals surface area contributed by atoms with Crippen LogP contribution in [-0.2, 0) is 26.3 Å². The molecule has 2 aromatic heterocycles. The summed E-state index contributed by atoms with van der Waals surface area (Å²) in [5, 5.41) is 2.35. The molecule has 0 aliphatic heterocycles. The minimum Gasteiger partial charge on any atom is -0.456 e. The van der Waals surface area contributed by atoms with Gasteiger partial charge in [-0.05, 0) is 78.1 Å². The smallest absolute Gasteiger partial charge is 0.294 e. The van der Waals surface area contributed by atoms with Gasteiger partial charge in [-0.15, -0.1) is 0 Å². The number of furan rings is 1. The van der Waals surface area contributed by atoms with E-state index in [9.17, 15) is 0 Å². The fourth-order valence-electron chi connectivity index (χ4n) is 6.53. The summed E-state index contributed by atoms with van der Waals surface area (Å²) in [7, 11) is 2.18. The van der Waals surface area contributed by atoms with Crippen molar-refractivity contribution in [3.63, 3.8) is 0 Å². The molecule has 0 bridgehead atoms. The van der Waals surface area contributed by atoms with E-state index in [1.165, 1.54) is 55.7 Å². The Morgan fingerprint density at radius 2 is 1.38 bits per heavy atom. The molecule has 4 aromatic carbocycles. The number of hydrogen-bond acceptors (Lipinski definition) is 1. The molecular formula is C39H43N2O+. The van der Waals surface area contributed by atoms with Gasteiger partial charge in [0.2, 0.25) is 0 Å². The number of nitrogens with zero attached hydrogens (tertiary/aromatic N) is 2. The van der Waals surface area contributed by atoms with E-state index < -0.39 is 0 Å². The van der Waals surface area contributed by atoms with Gasteiger partial charge in [-0.2, -0.15) is 4.57 Å². The van der Waals surface area contributed by atoms with Gasteiger partial charge in [0.25, 0.3) is 5.82 Å². The Morgan fingerprint density at radius 1 is 0.714 bits per heavy atom. The third-order valence-electron chi connectivity index (χ3n) is 8.24. The van der Waals surface area contributed by atoms with E-state index in [1.54, 1.807) is 0 Å². The van der Waals surface area contributed by atoms with Crippen molar-refractivity contribution in [1.29, 1.82) is 0 Å². The van der Waals surface area contributed by atoms with Crippen molar-refractivity contribution >= 4 is 21.9 Å². The molecule has 0 unspecified atom stereocenters. The first-order valence-corrected chi connectivity index (χ1v) is 15.6. The van der Waals surface area contributed by atoms with Crippen LogP contribution in [-0.4, -0.2) is 4.57 Å². The highest BCUT2D eigenvalue weighted by Gasteiger charge is 2.28. The van der Waals surface area contributed by atoms with Crippen LogP contribution in [0.1, 0.15) is 57.7 Å². The van der Waals surface area contributed by atoms with Gasteiger partial charge in [-0.3, -0.25) is 0 Å². The summed E-state index contributed by atoms with van der Waals surface area (Å²) >= 11 is 0. The van der Waals surface area contributed by atoms with Crippen molar-refractivity contribution in [2.75, 3.05) is 0 Å². The van der Waals surface area contributed by atoms with Crippen molar-refractivity contribution in [1.82, 2.24) is 4.57 Å². The number of aryl methyl sites for hydroxylation is 2. The lowest BCUT2D eigenvalue weighted by Crippen LogP contribution is -2.29. The molecule has 3 nitrogen and oxygen atoms in total. The molecule has 0 fully saturated rings. The molecule has 3 heteroatoms. The van der Waals surface area contributed by atoms with Gasteiger partial charge >= 0.3 is 0 Å². The van der Waals surface area contributed by atoms with Crippen molar-refractivity contribution in [3.05, 3.63) is 108 Å². The Kier molecular flexibility index (Phi) is 7.77. The second kappa shape index (κ2) is 11.6. The first-order chi connectivity index (χ1) is 20.3. The van der Waals surface area contributed by atoms with Crippen molar-refractivity contribution in [2.45, 2.75) is 60.3 Å². The Bertz CT molecular complexity index is 1820. The van der Waals surface area contributed by atoms with Gasteiger partial charge in [-0.25, -0.2) is 4.57 Å². The highest BCUT2D eigenvalue weighted by molar-refractivity contribution is 6.06. The van der Waals surface area contributed by atoms with Gasteiger partial charge in [0.05, 0.1) is 12.6 Å². The zero-order valence-electron chi connectivity index (χ0n) is 25.9. The predicted molar refractivity (Wildman–Crippen MR) is 176 cm³/mol. The van der Waals surface area contributed by atoms with Crippen molar-refractivity contribution in [3.8, 4) is 28.2 Å². The van der Waals surface area contributed by atoms with Crippen LogP contribution in [0.3, 0.4) is 0 Å². The maximum absolute atomic E-state index is 6.32. The summed E-state index contributed by atoms with van der Waals surface area (Å²) in [6.45, 7) is 11.6. The Morgan fingerprint density at radius 3 is 2.05 bits per heavy atom. The maximum atomic E-state index is 6.32. The van der Waals surface area contributed by atoms with E-state index >= 15 is 0 Å². The molecule has 0 amide bonds. The Balaban J connectivity index is 1.64. The second-order valence-corrected chi connectivity index (χ2v) is 12.7. The third-order valence-corrected chi connectivity index (χ3v) is 8.24. The molecule has 2 heterocycles. The average Bonchev–Trinajstić information content (AvgIpc) is 3.52. The first-order valence-electron chi connectivity index (χ1n) is 15.6. The molecule has 0 aliphatic rings. The monoisotopic (exact) mass is 555 g/mol. The van der Waals surface area contributed by atoms with E-state index in [0.717, 1.165) is 36.8 Å². The minimum atomic E-state index is 0.540. The van der Waals surface area contributed by atoms with Gasteiger partial charge in [0.1, 0.15) is 29.2 Å². The Labute approximate surface area is 250 Å². The van der Waals surface area contributed by atoms with E-state index in [0.29, 0.717) is 11.8 Å². The molecule has 0 radical (unpaired) electrons. The summed E-state index contributed by atoms with van der Waals surface area (Å²) in [4.78, 5) is 0. The predicted octanol–water partition coefficient (Wildman–Crippen LogP) is 9.88. The normalized spacial score (nSPS) is 11.9. The van der Waals surface area contributed by atoms with Crippen LogP contribution >= 0.6 is 0 Å². The summed E-state index contributed by atoms with van der Waals surface area (Å²) in [6.07, 6.45) is 8.61. The van der Waals surface area contributed by atoms with Crippen LogP contribution in [0.15, 0.2) is 95.7 Å². The highest BCUT2D eigenvalue weighted by Crippen LogP contribution is 2.38. The molecule has 0 N–H and O–H groups in total. The van der Waals surface area contributed by atoms with Crippen molar-refractivity contribution in [2.24, 2.45) is 18.9 Å². The largest absolute Gasteiger partial charge is 0.456 e. The number of rotatable bonds is 9. The fourth-order valence-corrected chi connectivity index (χ4v) is 6.53. The highest BCUT2D eigenvalue weighted by atomic mass is 16.3. The molecule has 0 saturated carbocycles. The van der Waals surface area contributed by atoms with Crippen LogP contribution in [0.2, 0.25) is 0 Å². The molecule has 0 aliphatic carbocycles. The molecule has 214 valence electrons. The van der Waals surface area contributed by atoms with Gasteiger partial charge < -0.3 is 4.42 Å². The maximum Gasteiger partial charge on any atom is 0.294 e. The van der Waals surface area contributed by atoms with E-state index in [1.807, 2.05) is 0 Å². The second-order valence-electron chi connectivity index (χ2n) is 12.7. The van der Waals surface area contributed by atoms with E-state index in [4.69, 9.17) is 4.42 Å². The Hall–Kier alpha value is -4.11. The number of imidazole rings is 1. The molecule has 6 rings (SSSR count). The summed E-state index contributed by atoms with van der Waals surface area (Å²) in [5.74, 6) is 2.30. The number of hydrogen-bond donors (Lipinski definition) is 0. The van der Waals surface area contributed by atoms with E-state index in [-0.39, 0.29) is 0 Å². The molecule has 42 heavy (non-hydrogen) atoms. The number of para-hydroxylation sites is 1. The van der Waals surface area contributed by atoms with E-state index in [2.05, 4.69) is 142 Å². The molecule has 0 atom stereocenters. The van der Waals surface area contributed by atoms with Crippen LogP contribution in [0.25, 0.3) is 50.1 Å². The number of fused-ring (bicyclic) bond motifs is 3. The van der Waals surface area contributed by atoms with Gasteiger partial charge in [-0.1, -0.05) is 89.6 Å². The SMILES string of the molecule is CCCc1cc2oc3ccccc3c2cc1-c1n(-c2c(CC(C)C)cc(-c3ccccc3)cc2CC(C)C)cc[n+]1C. The first kappa shape index (κ1) is 28.0. The van der Waals surface area contributed by atoms with Gasteiger partial charge in [0, 0.05) is 21.9 Å². The van der Waals surface area contributed by atoms with Crippen LogP contribution in [0.4, 0.5) is 0 Å². The fraction of sp³-hybridized carbons (Fsp3) is 0.308.